The van der Waals surface area contributed by atoms with Crippen molar-refractivity contribution in [2.75, 3.05) is 11.1 Å². The lowest BCUT2D eigenvalue weighted by Crippen LogP contribution is -2.13. The van der Waals surface area contributed by atoms with Gasteiger partial charge in [0.25, 0.3) is 5.91 Å². The number of aromatic nitrogens is 1. The molecule has 5 heteroatoms. The summed E-state index contributed by atoms with van der Waals surface area (Å²) in [5.41, 5.74) is 8.31. The van der Waals surface area contributed by atoms with E-state index in [0.717, 1.165) is 5.69 Å². The van der Waals surface area contributed by atoms with Crippen molar-refractivity contribution in [1.82, 2.24) is 4.98 Å². The number of pyridine rings is 1. The minimum Gasteiger partial charge on any atom is -0.398 e. The third-order valence-corrected chi connectivity index (χ3v) is 3.33. The Morgan fingerprint density at radius 2 is 2.11 bits per heavy atom. The SMILES string of the molecule is Cc1ccc(NC(=O)c2cccc(N)c2Br)cn1. The summed E-state index contributed by atoms with van der Waals surface area (Å²) in [6.07, 6.45) is 1.62. The van der Waals surface area contributed by atoms with Crippen LogP contribution in [-0.2, 0) is 0 Å². The molecular weight excluding hydrogens is 294 g/mol. The van der Waals surface area contributed by atoms with Gasteiger partial charge in [0.2, 0.25) is 0 Å². The number of hydrogen-bond donors (Lipinski definition) is 2. The van der Waals surface area contributed by atoms with Crippen molar-refractivity contribution in [1.29, 1.82) is 0 Å². The van der Waals surface area contributed by atoms with Gasteiger partial charge in [-0.25, -0.2) is 0 Å². The highest BCUT2D eigenvalue weighted by Gasteiger charge is 2.11. The number of anilines is 2. The smallest absolute Gasteiger partial charge is 0.256 e. The minimum absolute atomic E-state index is 0.222. The Bertz CT molecular complexity index is 581. The second kappa shape index (κ2) is 5.18. The van der Waals surface area contributed by atoms with Crippen LogP contribution in [-0.4, -0.2) is 10.9 Å². The number of nitrogens with zero attached hydrogens (tertiary/aromatic N) is 1. The fourth-order valence-corrected chi connectivity index (χ4v) is 1.91. The zero-order chi connectivity index (χ0) is 13.1. The summed E-state index contributed by atoms with van der Waals surface area (Å²) < 4.78 is 0.600. The van der Waals surface area contributed by atoms with Gasteiger partial charge in [-0.1, -0.05) is 6.07 Å². The Labute approximate surface area is 113 Å². The van der Waals surface area contributed by atoms with Crippen LogP contribution >= 0.6 is 15.9 Å². The Morgan fingerprint density at radius 1 is 1.33 bits per heavy atom. The maximum Gasteiger partial charge on any atom is 0.256 e. The van der Waals surface area contributed by atoms with Gasteiger partial charge in [0.1, 0.15) is 0 Å². The van der Waals surface area contributed by atoms with Crippen LogP contribution in [0.1, 0.15) is 16.1 Å². The Morgan fingerprint density at radius 3 is 2.78 bits per heavy atom. The third kappa shape index (κ3) is 2.68. The molecule has 18 heavy (non-hydrogen) atoms. The number of halogens is 1. The monoisotopic (exact) mass is 305 g/mol. The van der Waals surface area contributed by atoms with E-state index in [1.807, 2.05) is 13.0 Å². The number of nitrogens with one attached hydrogen (secondary N) is 1. The molecule has 92 valence electrons. The van der Waals surface area contributed by atoms with E-state index in [4.69, 9.17) is 5.73 Å². The molecule has 0 spiro atoms. The van der Waals surface area contributed by atoms with E-state index < -0.39 is 0 Å². The van der Waals surface area contributed by atoms with E-state index in [1.165, 1.54) is 0 Å². The molecule has 0 bridgehead atoms. The van der Waals surface area contributed by atoms with Crippen molar-refractivity contribution in [3.8, 4) is 0 Å². The summed E-state index contributed by atoms with van der Waals surface area (Å²) in [7, 11) is 0. The van der Waals surface area contributed by atoms with Crippen LogP contribution in [0.3, 0.4) is 0 Å². The van der Waals surface area contributed by atoms with E-state index >= 15 is 0 Å². The Kier molecular flexibility index (Phi) is 3.62. The van der Waals surface area contributed by atoms with Gasteiger partial charge in [-0.15, -0.1) is 0 Å². The lowest BCUT2D eigenvalue weighted by molar-refractivity contribution is 0.102. The van der Waals surface area contributed by atoms with Crippen LogP contribution in [0.15, 0.2) is 41.0 Å². The van der Waals surface area contributed by atoms with Crippen molar-refractivity contribution >= 4 is 33.2 Å². The van der Waals surface area contributed by atoms with Crippen molar-refractivity contribution in [2.24, 2.45) is 0 Å². The number of carbonyl (C=O) groups is 1. The highest BCUT2D eigenvalue weighted by atomic mass is 79.9. The maximum absolute atomic E-state index is 12.0. The predicted octanol–water partition coefficient (Wildman–Crippen LogP) is 2.99. The minimum atomic E-state index is -0.222. The zero-order valence-corrected chi connectivity index (χ0v) is 11.4. The number of rotatable bonds is 2. The largest absolute Gasteiger partial charge is 0.398 e. The molecule has 0 aliphatic heterocycles. The van der Waals surface area contributed by atoms with Crippen molar-refractivity contribution in [3.05, 3.63) is 52.3 Å². The fraction of sp³-hybridized carbons (Fsp3) is 0.0769. The first kappa shape index (κ1) is 12.6. The molecule has 0 saturated heterocycles. The molecule has 1 amide bonds. The molecule has 0 atom stereocenters. The molecule has 2 aromatic rings. The first-order valence-electron chi connectivity index (χ1n) is 5.36. The number of aryl methyl sites for hydroxylation is 1. The van der Waals surface area contributed by atoms with Crippen LogP contribution < -0.4 is 11.1 Å². The van der Waals surface area contributed by atoms with Crippen LogP contribution in [0.4, 0.5) is 11.4 Å². The topological polar surface area (TPSA) is 68.0 Å². The van der Waals surface area contributed by atoms with E-state index in [9.17, 15) is 4.79 Å². The van der Waals surface area contributed by atoms with Gasteiger partial charge in [-0.3, -0.25) is 9.78 Å². The summed E-state index contributed by atoms with van der Waals surface area (Å²) in [5, 5.41) is 2.77. The van der Waals surface area contributed by atoms with Crippen LogP contribution in [0.5, 0.6) is 0 Å². The van der Waals surface area contributed by atoms with Crippen LogP contribution in [0.25, 0.3) is 0 Å². The number of hydrogen-bond acceptors (Lipinski definition) is 3. The molecule has 0 unspecified atom stereocenters. The summed E-state index contributed by atoms with van der Waals surface area (Å²) in [6.45, 7) is 1.89. The Hall–Kier alpha value is -1.88. The number of amides is 1. The molecule has 0 aliphatic carbocycles. The van der Waals surface area contributed by atoms with Crippen LogP contribution in [0.2, 0.25) is 0 Å². The van der Waals surface area contributed by atoms with Crippen LogP contribution in [0, 0.1) is 6.92 Å². The number of carbonyl (C=O) groups excluding carboxylic acids is 1. The molecule has 0 aliphatic rings. The normalized spacial score (nSPS) is 10.1. The summed E-state index contributed by atoms with van der Waals surface area (Å²) in [4.78, 5) is 16.2. The molecule has 0 saturated carbocycles. The second-order valence-electron chi connectivity index (χ2n) is 3.85. The van der Waals surface area contributed by atoms with E-state index in [-0.39, 0.29) is 5.91 Å². The molecule has 2 rings (SSSR count). The molecule has 0 fully saturated rings. The van der Waals surface area contributed by atoms with E-state index in [1.54, 1.807) is 30.5 Å². The average molecular weight is 306 g/mol. The van der Waals surface area contributed by atoms with Gasteiger partial charge in [0.15, 0.2) is 0 Å². The quantitative estimate of drug-likeness (QED) is 0.838. The molecule has 1 aromatic carbocycles. The van der Waals surface area contributed by atoms with Gasteiger partial charge in [0, 0.05) is 11.4 Å². The zero-order valence-electron chi connectivity index (χ0n) is 9.77. The predicted molar refractivity (Wildman–Crippen MR) is 75.5 cm³/mol. The number of nitrogens with two attached hydrogens (primary N) is 1. The summed E-state index contributed by atoms with van der Waals surface area (Å²) in [5.74, 6) is -0.222. The van der Waals surface area contributed by atoms with Gasteiger partial charge < -0.3 is 11.1 Å². The lowest BCUT2D eigenvalue weighted by Gasteiger charge is -2.08. The molecule has 3 N–H and O–H groups in total. The lowest BCUT2D eigenvalue weighted by atomic mass is 10.2. The van der Waals surface area contributed by atoms with Crippen molar-refractivity contribution < 1.29 is 4.79 Å². The Balaban J connectivity index is 2.22. The van der Waals surface area contributed by atoms with Gasteiger partial charge in [-0.05, 0) is 47.1 Å². The first-order valence-corrected chi connectivity index (χ1v) is 6.15. The molecule has 1 heterocycles. The molecule has 0 radical (unpaired) electrons. The molecule has 1 aromatic heterocycles. The highest BCUT2D eigenvalue weighted by Crippen LogP contribution is 2.24. The van der Waals surface area contributed by atoms with Gasteiger partial charge in [-0.2, -0.15) is 0 Å². The average Bonchev–Trinajstić information content (AvgIpc) is 2.35. The van der Waals surface area contributed by atoms with Crippen molar-refractivity contribution in [2.45, 2.75) is 6.92 Å². The number of benzene rings is 1. The molecular formula is C13H12BrN3O. The second-order valence-corrected chi connectivity index (χ2v) is 4.64. The standard InChI is InChI=1S/C13H12BrN3O/c1-8-5-6-9(7-16-8)17-13(18)10-3-2-4-11(15)12(10)14/h2-7H,15H2,1H3,(H,17,18). The highest BCUT2D eigenvalue weighted by molar-refractivity contribution is 9.10. The van der Waals surface area contributed by atoms with Crippen molar-refractivity contribution in [3.63, 3.8) is 0 Å². The number of nitrogen functional groups attached to an aromatic ring is 1. The molecule has 4 nitrogen and oxygen atoms in total. The van der Waals surface area contributed by atoms with E-state index in [0.29, 0.717) is 21.4 Å². The summed E-state index contributed by atoms with van der Waals surface area (Å²) in [6, 6.07) is 8.82. The van der Waals surface area contributed by atoms with Gasteiger partial charge >= 0.3 is 0 Å². The maximum atomic E-state index is 12.0. The van der Waals surface area contributed by atoms with Gasteiger partial charge in [0.05, 0.1) is 21.9 Å². The summed E-state index contributed by atoms with van der Waals surface area (Å²) >= 11 is 3.30. The fourth-order valence-electron chi connectivity index (χ4n) is 1.47. The third-order valence-electron chi connectivity index (χ3n) is 2.44. The van der Waals surface area contributed by atoms with E-state index in [2.05, 4.69) is 26.2 Å². The first-order chi connectivity index (χ1) is 8.58.